The van der Waals surface area contributed by atoms with Crippen molar-refractivity contribution in [2.24, 2.45) is 0 Å². The molecule has 0 atom stereocenters. The fraction of sp³-hybridized carbons (Fsp3) is 0.231. The first-order valence-electron chi connectivity index (χ1n) is 10.5. The molecule has 1 N–H and O–H groups in total. The Balaban J connectivity index is 1.75. The van der Waals surface area contributed by atoms with Crippen molar-refractivity contribution in [1.82, 2.24) is 9.38 Å². The zero-order valence-electron chi connectivity index (χ0n) is 18.2. The van der Waals surface area contributed by atoms with Crippen LogP contribution in [0.15, 0.2) is 60.8 Å². The number of nitrogens with one attached hydrogen (secondary N) is 1. The van der Waals surface area contributed by atoms with Crippen LogP contribution in [0.2, 0.25) is 0 Å². The fourth-order valence-electron chi connectivity index (χ4n) is 3.85. The van der Waals surface area contributed by atoms with Crippen LogP contribution in [-0.2, 0) is 11.2 Å². The summed E-state index contributed by atoms with van der Waals surface area (Å²) in [5, 5.41) is 3.07. The number of carbonyl (C=O) groups is 1. The molecule has 0 fully saturated rings. The molecule has 31 heavy (non-hydrogen) atoms. The summed E-state index contributed by atoms with van der Waals surface area (Å²) in [6.07, 6.45) is 2.13. The van der Waals surface area contributed by atoms with Crippen molar-refractivity contribution in [3.8, 4) is 11.3 Å². The van der Waals surface area contributed by atoms with E-state index in [1.54, 1.807) is 19.1 Å². The summed E-state index contributed by atoms with van der Waals surface area (Å²) in [6, 6.07) is 16.7. The zero-order chi connectivity index (χ0) is 22.1. The van der Waals surface area contributed by atoms with E-state index in [2.05, 4.69) is 19.2 Å². The van der Waals surface area contributed by atoms with Crippen LogP contribution in [0.3, 0.4) is 0 Å². The van der Waals surface area contributed by atoms with Crippen LogP contribution >= 0.6 is 0 Å². The van der Waals surface area contributed by atoms with E-state index in [0.717, 1.165) is 33.7 Å². The first-order chi connectivity index (χ1) is 14.8. The van der Waals surface area contributed by atoms with Crippen molar-refractivity contribution in [1.29, 1.82) is 0 Å². The second-order valence-corrected chi connectivity index (χ2v) is 8.27. The Labute approximate surface area is 181 Å². The molecule has 2 heterocycles. The number of hydrogen-bond acceptors (Lipinski definition) is 2. The normalized spacial score (nSPS) is 11.3. The monoisotopic (exact) mass is 415 g/mol. The van der Waals surface area contributed by atoms with Gasteiger partial charge in [-0.15, -0.1) is 0 Å². The van der Waals surface area contributed by atoms with Crippen molar-refractivity contribution < 1.29 is 9.18 Å². The number of rotatable bonds is 5. The Morgan fingerprint density at radius 1 is 1.10 bits per heavy atom. The summed E-state index contributed by atoms with van der Waals surface area (Å²) in [6.45, 7) is 7.94. The molecule has 5 heteroatoms. The molecule has 0 bridgehead atoms. The van der Waals surface area contributed by atoms with Crippen LogP contribution in [0.4, 0.5) is 10.1 Å². The maximum Gasteiger partial charge on any atom is 0.230 e. The lowest BCUT2D eigenvalue weighted by Crippen LogP contribution is -2.17. The minimum absolute atomic E-state index is 0.114. The Hall–Kier alpha value is -3.47. The Morgan fingerprint density at radius 3 is 2.61 bits per heavy atom. The van der Waals surface area contributed by atoms with Gasteiger partial charge >= 0.3 is 0 Å². The predicted octanol–water partition coefficient (Wildman–Crippen LogP) is 6.06. The summed E-state index contributed by atoms with van der Waals surface area (Å²) in [5.41, 5.74) is 6.57. The standard InChI is InChI=1S/C26H26FN3O/c1-16(2)20-7-5-6-8-22(20)28-25(31)14-23-26(19-10-11-21(27)18(4)13-19)29-24-12-9-17(3)15-30(23)24/h5-13,15-16H,14H2,1-4H3,(H,28,31). The van der Waals surface area contributed by atoms with E-state index in [4.69, 9.17) is 4.98 Å². The number of carbonyl (C=O) groups excluding carboxylic acids is 1. The topological polar surface area (TPSA) is 46.4 Å². The molecule has 158 valence electrons. The molecule has 0 spiro atoms. The van der Waals surface area contributed by atoms with Gasteiger partial charge in [0.2, 0.25) is 5.91 Å². The molecule has 2 aromatic heterocycles. The predicted molar refractivity (Wildman–Crippen MR) is 123 cm³/mol. The Kier molecular flexibility index (Phi) is 5.59. The molecule has 0 aliphatic heterocycles. The van der Waals surface area contributed by atoms with Gasteiger partial charge in [-0.3, -0.25) is 4.79 Å². The van der Waals surface area contributed by atoms with E-state index >= 15 is 0 Å². The molecule has 4 aromatic rings. The summed E-state index contributed by atoms with van der Waals surface area (Å²) in [7, 11) is 0. The molecule has 2 aromatic carbocycles. The minimum Gasteiger partial charge on any atom is -0.325 e. The van der Waals surface area contributed by atoms with Gasteiger partial charge in [0.15, 0.2) is 0 Å². The number of anilines is 1. The molecule has 4 nitrogen and oxygen atoms in total. The number of hydrogen-bond donors (Lipinski definition) is 1. The van der Waals surface area contributed by atoms with E-state index in [1.165, 1.54) is 6.07 Å². The SMILES string of the molecule is Cc1ccc2nc(-c3ccc(F)c(C)c3)c(CC(=O)Nc3ccccc3C(C)C)n2c1. The number of nitrogens with zero attached hydrogens (tertiary/aromatic N) is 2. The molecule has 0 saturated carbocycles. The van der Waals surface area contributed by atoms with Gasteiger partial charge in [-0.05, 0) is 66.8 Å². The first-order valence-corrected chi connectivity index (χ1v) is 10.5. The Morgan fingerprint density at radius 2 is 1.87 bits per heavy atom. The van der Waals surface area contributed by atoms with Gasteiger partial charge in [0.1, 0.15) is 11.5 Å². The van der Waals surface area contributed by atoms with E-state index in [9.17, 15) is 9.18 Å². The smallest absolute Gasteiger partial charge is 0.230 e. The first kappa shape index (κ1) is 20.8. The third kappa shape index (κ3) is 4.22. The number of pyridine rings is 1. The third-order valence-electron chi connectivity index (χ3n) is 5.48. The molecule has 0 radical (unpaired) electrons. The van der Waals surface area contributed by atoms with E-state index in [-0.39, 0.29) is 18.1 Å². The van der Waals surface area contributed by atoms with Gasteiger partial charge < -0.3 is 9.72 Å². The number of amides is 1. The van der Waals surface area contributed by atoms with Gasteiger partial charge in [0.25, 0.3) is 0 Å². The van der Waals surface area contributed by atoms with E-state index < -0.39 is 0 Å². The lowest BCUT2D eigenvalue weighted by atomic mass is 10.0. The zero-order valence-corrected chi connectivity index (χ0v) is 18.2. The number of para-hydroxylation sites is 1. The molecular formula is C26H26FN3O. The lowest BCUT2D eigenvalue weighted by Gasteiger charge is -2.14. The maximum absolute atomic E-state index is 13.8. The highest BCUT2D eigenvalue weighted by Gasteiger charge is 2.19. The average Bonchev–Trinajstić information content (AvgIpc) is 3.07. The van der Waals surface area contributed by atoms with Crippen LogP contribution in [-0.4, -0.2) is 15.3 Å². The maximum atomic E-state index is 13.8. The van der Waals surface area contributed by atoms with Crippen molar-refractivity contribution in [3.05, 3.63) is 89.0 Å². The molecule has 1 amide bonds. The van der Waals surface area contributed by atoms with Gasteiger partial charge in [-0.2, -0.15) is 0 Å². The largest absolute Gasteiger partial charge is 0.325 e. The summed E-state index contributed by atoms with van der Waals surface area (Å²) >= 11 is 0. The molecule has 0 unspecified atom stereocenters. The number of imidazole rings is 1. The number of halogens is 1. The lowest BCUT2D eigenvalue weighted by molar-refractivity contribution is -0.115. The highest BCUT2D eigenvalue weighted by atomic mass is 19.1. The molecule has 0 saturated heterocycles. The second kappa shape index (κ2) is 8.34. The summed E-state index contributed by atoms with van der Waals surface area (Å²) < 4.78 is 15.8. The molecule has 0 aliphatic rings. The average molecular weight is 416 g/mol. The van der Waals surface area contributed by atoms with E-state index in [1.807, 2.05) is 53.9 Å². The number of benzene rings is 2. The number of aryl methyl sites for hydroxylation is 2. The van der Waals surface area contributed by atoms with Crippen molar-refractivity contribution in [2.45, 2.75) is 40.0 Å². The molecule has 4 rings (SSSR count). The van der Waals surface area contributed by atoms with Gasteiger partial charge in [0, 0.05) is 17.4 Å². The highest BCUT2D eigenvalue weighted by molar-refractivity contribution is 5.94. The summed E-state index contributed by atoms with van der Waals surface area (Å²) in [4.78, 5) is 17.8. The van der Waals surface area contributed by atoms with Gasteiger partial charge in [0.05, 0.1) is 17.8 Å². The minimum atomic E-state index is -0.257. The van der Waals surface area contributed by atoms with Crippen LogP contribution < -0.4 is 5.32 Å². The van der Waals surface area contributed by atoms with Gasteiger partial charge in [-0.1, -0.05) is 38.1 Å². The molecule has 0 aliphatic carbocycles. The van der Waals surface area contributed by atoms with Crippen LogP contribution in [0.25, 0.3) is 16.9 Å². The quantitative estimate of drug-likeness (QED) is 0.430. The van der Waals surface area contributed by atoms with Gasteiger partial charge in [-0.25, -0.2) is 9.37 Å². The fourth-order valence-corrected chi connectivity index (χ4v) is 3.85. The number of aromatic nitrogens is 2. The van der Waals surface area contributed by atoms with Crippen molar-refractivity contribution in [2.75, 3.05) is 5.32 Å². The van der Waals surface area contributed by atoms with Crippen molar-refractivity contribution in [3.63, 3.8) is 0 Å². The van der Waals surface area contributed by atoms with Crippen molar-refractivity contribution >= 4 is 17.2 Å². The second-order valence-electron chi connectivity index (χ2n) is 8.27. The van der Waals surface area contributed by atoms with Crippen LogP contribution in [0.1, 0.15) is 42.1 Å². The number of fused-ring (bicyclic) bond motifs is 1. The summed E-state index contributed by atoms with van der Waals surface area (Å²) in [5.74, 6) is -0.0721. The Bertz CT molecular complexity index is 1270. The van der Waals surface area contributed by atoms with E-state index in [0.29, 0.717) is 17.2 Å². The van der Waals surface area contributed by atoms with Crippen LogP contribution in [0, 0.1) is 19.7 Å². The third-order valence-corrected chi connectivity index (χ3v) is 5.48. The molecular weight excluding hydrogens is 389 g/mol. The highest BCUT2D eigenvalue weighted by Crippen LogP contribution is 2.28. The van der Waals surface area contributed by atoms with Crippen LogP contribution in [0.5, 0.6) is 0 Å².